The van der Waals surface area contributed by atoms with Gasteiger partial charge in [-0.05, 0) is 61.3 Å². The van der Waals surface area contributed by atoms with Crippen LogP contribution >= 0.6 is 35.4 Å². The molecule has 1 heterocycles. The highest BCUT2D eigenvalue weighted by molar-refractivity contribution is 7.80. The largest absolute Gasteiger partial charge is 0.492 e. The standard InChI is InChI=1S/C20H20Cl2N2O2S/c21-15-9-10-18(16(22)13-15)26-12-4-8-19(25)23-20(27)24-11-3-6-14-5-1-2-7-17(14)24/h1-2,5,7,9-10,13H,3-4,6,8,11-12H2,(H,23,25,27). The number of thiocarbonyl (C=S) groups is 1. The number of amides is 1. The van der Waals surface area contributed by atoms with E-state index in [1.807, 2.05) is 23.1 Å². The summed E-state index contributed by atoms with van der Waals surface area (Å²) in [7, 11) is 0. The Balaban J connectivity index is 1.45. The van der Waals surface area contributed by atoms with Gasteiger partial charge in [0.25, 0.3) is 0 Å². The second-order valence-electron chi connectivity index (χ2n) is 6.26. The van der Waals surface area contributed by atoms with E-state index >= 15 is 0 Å². The lowest BCUT2D eigenvalue weighted by Crippen LogP contribution is -2.45. The quantitative estimate of drug-likeness (QED) is 0.543. The third-order valence-corrected chi connectivity index (χ3v) is 5.15. The summed E-state index contributed by atoms with van der Waals surface area (Å²) in [6, 6.07) is 13.2. The number of nitrogens with one attached hydrogen (secondary N) is 1. The zero-order valence-corrected chi connectivity index (χ0v) is 17.0. The molecule has 3 rings (SSSR count). The van der Waals surface area contributed by atoms with Crippen molar-refractivity contribution in [3.63, 3.8) is 0 Å². The molecule has 1 aliphatic rings. The number of para-hydroxylation sites is 1. The van der Waals surface area contributed by atoms with E-state index in [0.29, 0.717) is 40.4 Å². The van der Waals surface area contributed by atoms with Gasteiger partial charge in [-0.2, -0.15) is 0 Å². The predicted octanol–water partition coefficient (Wildman–Crippen LogP) is 5.01. The molecule has 4 nitrogen and oxygen atoms in total. The molecule has 142 valence electrons. The smallest absolute Gasteiger partial charge is 0.226 e. The van der Waals surface area contributed by atoms with Crippen molar-refractivity contribution in [3.8, 4) is 5.75 Å². The molecule has 1 aliphatic heterocycles. The summed E-state index contributed by atoms with van der Waals surface area (Å²) in [6.45, 7) is 1.20. The van der Waals surface area contributed by atoms with Crippen molar-refractivity contribution in [1.82, 2.24) is 5.32 Å². The number of carbonyl (C=O) groups is 1. The van der Waals surface area contributed by atoms with Crippen molar-refractivity contribution in [2.24, 2.45) is 0 Å². The molecule has 27 heavy (non-hydrogen) atoms. The number of halogens is 2. The van der Waals surface area contributed by atoms with Crippen LogP contribution in [0.3, 0.4) is 0 Å². The first-order valence-corrected chi connectivity index (χ1v) is 9.98. The van der Waals surface area contributed by atoms with Crippen molar-refractivity contribution in [2.45, 2.75) is 25.7 Å². The molecule has 0 spiro atoms. The molecule has 0 bridgehead atoms. The van der Waals surface area contributed by atoms with E-state index in [1.54, 1.807) is 18.2 Å². The number of anilines is 1. The van der Waals surface area contributed by atoms with E-state index in [1.165, 1.54) is 5.56 Å². The molecule has 0 radical (unpaired) electrons. The van der Waals surface area contributed by atoms with E-state index in [-0.39, 0.29) is 5.91 Å². The van der Waals surface area contributed by atoms with Crippen molar-refractivity contribution < 1.29 is 9.53 Å². The fourth-order valence-corrected chi connectivity index (χ4v) is 3.77. The molecule has 0 aliphatic carbocycles. The van der Waals surface area contributed by atoms with Crippen LogP contribution in [0.5, 0.6) is 5.75 Å². The van der Waals surface area contributed by atoms with Gasteiger partial charge in [0.15, 0.2) is 5.11 Å². The summed E-state index contributed by atoms with van der Waals surface area (Å²) in [6.07, 6.45) is 2.93. The van der Waals surface area contributed by atoms with Gasteiger partial charge in [0, 0.05) is 23.7 Å². The van der Waals surface area contributed by atoms with Crippen LogP contribution in [0.1, 0.15) is 24.8 Å². The van der Waals surface area contributed by atoms with Gasteiger partial charge in [0.2, 0.25) is 5.91 Å². The Kier molecular flexibility index (Phi) is 6.94. The van der Waals surface area contributed by atoms with Crippen molar-refractivity contribution >= 4 is 52.1 Å². The molecular weight excluding hydrogens is 403 g/mol. The van der Waals surface area contributed by atoms with Gasteiger partial charge < -0.3 is 15.0 Å². The molecule has 1 amide bonds. The van der Waals surface area contributed by atoms with Gasteiger partial charge in [-0.15, -0.1) is 0 Å². The summed E-state index contributed by atoms with van der Waals surface area (Å²) < 4.78 is 5.60. The Morgan fingerprint density at radius 2 is 2.04 bits per heavy atom. The number of hydrogen-bond acceptors (Lipinski definition) is 3. The number of benzene rings is 2. The zero-order valence-electron chi connectivity index (χ0n) is 14.7. The van der Waals surface area contributed by atoms with Gasteiger partial charge >= 0.3 is 0 Å². The van der Waals surface area contributed by atoms with Crippen molar-refractivity contribution in [2.75, 3.05) is 18.1 Å². The summed E-state index contributed by atoms with van der Waals surface area (Å²) >= 11 is 17.4. The molecule has 0 unspecified atom stereocenters. The van der Waals surface area contributed by atoms with Gasteiger partial charge in [-0.1, -0.05) is 41.4 Å². The predicted molar refractivity (Wildman–Crippen MR) is 114 cm³/mol. The van der Waals surface area contributed by atoms with Gasteiger partial charge in [0.05, 0.1) is 11.6 Å². The van der Waals surface area contributed by atoms with E-state index in [4.69, 9.17) is 40.2 Å². The summed E-state index contributed by atoms with van der Waals surface area (Å²) in [4.78, 5) is 14.2. The number of hydrogen-bond donors (Lipinski definition) is 1. The normalized spacial score (nSPS) is 13.0. The first-order chi connectivity index (χ1) is 13.0. The monoisotopic (exact) mass is 422 g/mol. The Hall–Kier alpha value is -1.82. The van der Waals surface area contributed by atoms with Gasteiger partial charge in [-0.25, -0.2) is 0 Å². The van der Waals surface area contributed by atoms with Crippen LogP contribution in [0.4, 0.5) is 5.69 Å². The maximum Gasteiger partial charge on any atom is 0.226 e. The SMILES string of the molecule is O=C(CCCOc1ccc(Cl)cc1Cl)NC(=S)N1CCCc2ccccc21. The van der Waals surface area contributed by atoms with Crippen LogP contribution in [0.2, 0.25) is 10.0 Å². The lowest BCUT2D eigenvalue weighted by Gasteiger charge is -2.31. The van der Waals surface area contributed by atoms with E-state index in [2.05, 4.69) is 11.4 Å². The highest BCUT2D eigenvalue weighted by atomic mass is 35.5. The molecule has 7 heteroatoms. The number of fused-ring (bicyclic) bond motifs is 1. The summed E-state index contributed by atoms with van der Waals surface area (Å²) in [5.41, 5.74) is 2.34. The molecule has 1 N–H and O–H groups in total. The first-order valence-electron chi connectivity index (χ1n) is 8.81. The van der Waals surface area contributed by atoms with Crippen LogP contribution in [-0.4, -0.2) is 24.2 Å². The lowest BCUT2D eigenvalue weighted by molar-refractivity contribution is -0.119. The van der Waals surface area contributed by atoms with E-state index in [0.717, 1.165) is 25.1 Å². The first kappa shape index (κ1) is 19.9. The molecule has 0 fully saturated rings. The minimum atomic E-state index is -0.117. The second kappa shape index (κ2) is 9.40. The third-order valence-electron chi connectivity index (χ3n) is 4.30. The molecule has 2 aromatic carbocycles. The molecule has 0 saturated heterocycles. The minimum Gasteiger partial charge on any atom is -0.492 e. The Labute approximate surface area is 174 Å². The highest BCUT2D eigenvalue weighted by Crippen LogP contribution is 2.28. The molecule has 2 aromatic rings. The fourth-order valence-electron chi connectivity index (χ4n) is 3.00. The average Bonchev–Trinajstić information content (AvgIpc) is 2.66. The third kappa shape index (κ3) is 5.34. The number of ether oxygens (including phenoxy) is 1. The van der Waals surface area contributed by atoms with Crippen LogP contribution in [0.15, 0.2) is 42.5 Å². The van der Waals surface area contributed by atoms with Crippen molar-refractivity contribution in [3.05, 3.63) is 58.1 Å². The van der Waals surface area contributed by atoms with E-state index < -0.39 is 0 Å². The Morgan fingerprint density at radius 1 is 1.22 bits per heavy atom. The second-order valence-corrected chi connectivity index (χ2v) is 7.49. The Bertz CT molecular complexity index is 844. The Morgan fingerprint density at radius 3 is 2.85 bits per heavy atom. The maximum absolute atomic E-state index is 12.2. The van der Waals surface area contributed by atoms with E-state index in [9.17, 15) is 4.79 Å². The zero-order chi connectivity index (χ0) is 19.2. The summed E-state index contributed by atoms with van der Waals surface area (Å²) in [5, 5.41) is 4.29. The average molecular weight is 423 g/mol. The minimum absolute atomic E-state index is 0.117. The van der Waals surface area contributed by atoms with Crippen molar-refractivity contribution in [1.29, 1.82) is 0 Å². The fraction of sp³-hybridized carbons (Fsp3) is 0.300. The van der Waals surface area contributed by atoms with Gasteiger partial charge in [-0.3, -0.25) is 4.79 Å². The van der Waals surface area contributed by atoms with Crippen LogP contribution in [0.25, 0.3) is 0 Å². The molecule has 0 saturated carbocycles. The molecular formula is C20H20Cl2N2O2S. The molecule has 0 aromatic heterocycles. The van der Waals surface area contributed by atoms with Crippen LogP contribution in [0, 0.1) is 0 Å². The van der Waals surface area contributed by atoms with Crippen LogP contribution in [-0.2, 0) is 11.2 Å². The number of carbonyl (C=O) groups excluding carboxylic acids is 1. The maximum atomic E-state index is 12.2. The number of aryl methyl sites for hydroxylation is 1. The summed E-state index contributed by atoms with van der Waals surface area (Å²) in [5.74, 6) is 0.441. The van der Waals surface area contributed by atoms with Crippen LogP contribution < -0.4 is 15.0 Å². The lowest BCUT2D eigenvalue weighted by atomic mass is 10.0. The topological polar surface area (TPSA) is 41.6 Å². The number of nitrogens with zero attached hydrogens (tertiary/aromatic N) is 1. The number of rotatable bonds is 5. The van der Waals surface area contributed by atoms with Gasteiger partial charge in [0.1, 0.15) is 5.75 Å². The molecule has 0 atom stereocenters. The highest BCUT2D eigenvalue weighted by Gasteiger charge is 2.20.